The van der Waals surface area contributed by atoms with E-state index < -0.39 is 0 Å². The Morgan fingerprint density at radius 1 is 1.00 bits per heavy atom. The summed E-state index contributed by atoms with van der Waals surface area (Å²) in [6.45, 7) is 5.68. The van der Waals surface area contributed by atoms with E-state index in [0.717, 1.165) is 23.5 Å². The van der Waals surface area contributed by atoms with Crippen LogP contribution in [0.4, 0.5) is 11.6 Å². The lowest BCUT2D eigenvalue weighted by Crippen LogP contribution is -2.38. The number of guanidine groups is 1. The number of carbonyl (C=O) groups is 1. The molecule has 0 bridgehead atoms. The average Bonchev–Trinajstić information content (AvgIpc) is 2.72. The third-order valence-corrected chi connectivity index (χ3v) is 4.18. The highest BCUT2D eigenvalue weighted by atomic mass is 16.5. The largest absolute Gasteiger partial charge is 0.484 e. The standard InChI is InChI=1S/C23H25N5O2/c1-4-18-10-12-20(13-11-18)30-15-21(29)27-23(26-19-8-6-5-7-9-19)28-22-24-16(2)14-17(3)25-22/h5-14H,4,15H2,1-3H3,(H2,24,25,26,27,28,29). The second-order valence-electron chi connectivity index (χ2n) is 6.74. The van der Waals surface area contributed by atoms with E-state index in [9.17, 15) is 4.79 Å². The van der Waals surface area contributed by atoms with Crippen LogP contribution in [0.1, 0.15) is 23.9 Å². The summed E-state index contributed by atoms with van der Waals surface area (Å²) in [6, 6.07) is 19.0. The van der Waals surface area contributed by atoms with Crippen LogP contribution >= 0.6 is 0 Å². The molecule has 0 atom stereocenters. The Morgan fingerprint density at radius 3 is 2.30 bits per heavy atom. The van der Waals surface area contributed by atoms with Crippen molar-refractivity contribution in [3.05, 3.63) is 77.6 Å². The molecule has 154 valence electrons. The molecule has 2 aromatic carbocycles. The molecule has 30 heavy (non-hydrogen) atoms. The lowest BCUT2D eigenvalue weighted by Gasteiger charge is -2.12. The van der Waals surface area contributed by atoms with Crippen LogP contribution in [0.25, 0.3) is 0 Å². The molecular formula is C23H25N5O2. The number of nitrogens with one attached hydrogen (secondary N) is 2. The summed E-state index contributed by atoms with van der Waals surface area (Å²) in [5.74, 6) is 0.777. The number of benzene rings is 2. The molecule has 0 saturated carbocycles. The maximum absolute atomic E-state index is 12.5. The minimum atomic E-state index is -0.346. The van der Waals surface area contributed by atoms with Gasteiger partial charge in [-0.3, -0.25) is 10.1 Å². The van der Waals surface area contributed by atoms with Crippen LogP contribution in [-0.4, -0.2) is 28.4 Å². The summed E-state index contributed by atoms with van der Waals surface area (Å²) in [7, 11) is 0. The minimum absolute atomic E-state index is 0.144. The molecule has 1 amide bonds. The van der Waals surface area contributed by atoms with Gasteiger partial charge in [-0.2, -0.15) is 4.99 Å². The molecule has 3 rings (SSSR count). The van der Waals surface area contributed by atoms with Gasteiger partial charge in [0.1, 0.15) is 5.75 Å². The van der Waals surface area contributed by atoms with Crippen molar-refractivity contribution in [3.63, 3.8) is 0 Å². The number of para-hydroxylation sites is 1. The Labute approximate surface area is 176 Å². The predicted octanol–water partition coefficient (Wildman–Crippen LogP) is 3.95. The summed E-state index contributed by atoms with van der Waals surface area (Å²) < 4.78 is 5.58. The van der Waals surface area contributed by atoms with E-state index in [1.165, 1.54) is 5.56 Å². The van der Waals surface area contributed by atoms with Gasteiger partial charge in [-0.25, -0.2) is 9.97 Å². The fraction of sp³-hybridized carbons (Fsp3) is 0.217. The zero-order valence-electron chi connectivity index (χ0n) is 17.3. The summed E-state index contributed by atoms with van der Waals surface area (Å²) >= 11 is 0. The Morgan fingerprint density at radius 2 is 1.67 bits per heavy atom. The third kappa shape index (κ3) is 6.41. The second kappa shape index (κ2) is 10.2. The maximum atomic E-state index is 12.5. The number of aliphatic imine (C=N–C) groups is 1. The lowest BCUT2D eigenvalue weighted by molar-refractivity contribution is -0.121. The number of amides is 1. The molecule has 2 N–H and O–H groups in total. The van der Waals surface area contributed by atoms with Crippen molar-refractivity contribution in [1.29, 1.82) is 0 Å². The SMILES string of the molecule is CCc1ccc(OCC(=O)NC(=Nc2nc(C)cc(C)n2)Nc2ccccc2)cc1. The molecule has 0 radical (unpaired) electrons. The normalized spacial score (nSPS) is 11.1. The van der Waals surface area contributed by atoms with E-state index in [4.69, 9.17) is 4.74 Å². The lowest BCUT2D eigenvalue weighted by atomic mass is 10.2. The number of rotatable bonds is 6. The number of hydrogen-bond acceptors (Lipinski definition) is 5. The van der Waals surface area contributed by atoms with E-state index in [1.54, 1.807) is 0 Å². The van der Waals surface area contributed by atoms with Crippen molar-refractivity contribution in [3.8, 4) is 5.75 Å². The molecule has 0 saturated heterocycles. The smallest absolute Gasteiger partial charge is 0.264 e. The van der Waals surface area contributed by atoms with Crippen LogP contribution in [0.3, 0.4) is 0 Å². The van der Waals surface area contributed by atoms with Gasteiger partial charge in [0, 0.05) is 17.1 Å². The Bertz CT molecular complexity index is 997. The molecule has 0 unspecified atom stereocenters. The van der Waals surface area contributed by atoms with Crippen molar-refractivity contribution >= 4 is 23.5 Å². The van der Waals surface area contributed by atoms with Crippen molar-refractivity contribution in [1.82, 2.24) is 15.3 Å². The number of hydrogen-bond donors (Lipinski definition) is 2. The van der Waals surface area contributed by atoms with E-state index in [0.29, 0.717) is 5.75 Å². The summed E-state index contributed by atoms with van der Waals surface area (Å²) in [4.78, 5) is 25.5. The number of carbonyl (C=O) groups excluding carboxylic acids is 1. The average molecular weight is 403 g/mol. The van der Waals surface area contributed by atoms with Gasteiger partial charge in [0.2, 0.25) is 5.96 Å². The van der Waals surface area contributed by atoms with Gasteiger partial charge in [-0.15, -0.1) is 0 Å². The van der Waals surface area contributed by atoms with Crippen LogP contribution in [-0.2, 0) is 11.2 Å². The molecule has 0 fully saturated rings. The molecule has 1 heterocycles. The maximum Gasteiger partial charge on any atom is 0.264 e. The first-order chi connectivity index (χ1) is 14.5. The minimum Gasteiger partial charge on any atom is -0.484 e. The van der Waals surface area contributed by atoms with Gasteiger partial charge >= 0.3 is 0 Å². The van der Waals surface area contributed by atoms with Crippen LogP contribution in [0.5, 0.6) is 5.75 Å². The zero-order valence-corrected chi connectivity index (χ0v) is 17.3. The van der Waals surface area contributed by atoms with Crippen LogP contribution in [0, 0.1) is 13.8 Å². The molecule has 0 aliphatic carbocycles. The molecule has 0 aliphatic rings. The number of anilines is 1. The number of ether oxygens (including phenoxy) is 1. The van der Waals surface area contributed by atoms with Crippen LogP contribution < -0.4 is 15.4 Å². The summed E-state index contributed by atoms with van der Waals surface area (Å²) in [5.41, 5.74) is 3.58. The van der Waals surface area contributed by atoms with Crippen molar-refractivity contribution in [2.45, 2.75) is 27.2 Å². The zero-order chi connectivity index (χ0) is 21.3. The molecule has 0 spiro atoms. The van der Waals surface area contributed by atoms with Crippen molar-refractivity contribution in [2.75, 3.05) is 11.9 Å². The number of aromatic nitrogens is 2. The molecule has 1 aromatic heterocycles. The molecular weight excluding hydrogens is 378 g/mol. The fourth-order valence-corrected chi connectivity index (χ4v) is 2.74. The van der Waals surface area contributed by atoms with E-state index in [-0.39, 0.29) is 24.4 Å². The van der Waals surface area contributed by atoms with Crippen molar-refractivity contribution in [2.24, 2.45) is 4.99 Å². The van der Waals surface area contributed by atoms with Crippen molar-refractivity contribution < 1.29 is 9.53 Å². The Hall–Kier alpha value is -3.74. The van der Waals surface area contributed by atoms with E-state index in [2.05, 4.69) is 32.5 Å². The van der Waals surface area contributed by atoms with Crippen LogP contribution in [0.2, 0.25) is 0 Å². The highest BCUT2D eigenvalue weighted by molar-refractivity contribution is 6.05. The second-order valence-corrected chi connectivity index (χ2v) is 6.74. The summed E-state index contributed by atoms with van der Waals surface area (Å²) in [6.07, 6.45) is 0.951. The number of aryl methyl sites for hydroxylation is 3. The summed E-state index contributed by atoms with van der Waals surface area (Å²) in [5, 5.41) is 5.83. The fourth-order valence-electron chi connectivity index (χ4n) is 2.74. The van der Waals surface area contributed by atoms with Gasteiger partial charge in [-0.05, 0) is 56.2 Å². The quantitative estimate of drug-likeness (QED) is 0.481. The highest BCUT2D eigenvalue weighted by Gasteiger charge is 2.10. The van der Waals surface area contributed by atoms with E-state index >= 15 is 0 Å². The van der Waals surface area contributed by atoms with E-state index in [1.807, 2.05) is 74.5 Å². The molecule has 7 heteroatoms. The monoisotopic (exact) mass is 403 g/mol. The number of nitrogens with zero attached hydrogens (tertiary/aromatic N) is 3. The Balaban J connectivity index is 1.72. The first-order valence-electron chi connectivity index (χ1n) is 9.76. The van der Waals surface area contributed by atoms with Gasteiger partial charge in [-0.1, -0.05) is 37.3 Å². The highest BCUT2D eigenvalue weighted by Crippen LogP contribution is 2.13. The molecule has 7 nitrogen and oxygen atoms in total. The predicted molar refractivity (Wildman–Crippen MR) is 118 cm³/mol. The first kappa shape index (κ1) is 21.0. The molecule has 3 aromatic rings. The van der Waals surface area contributed by atoms with Crippen LogP contribution in [0.15, 0.2) is 65.7 Å². The Kier molecular flexibility index (Phi) is 7.10. The van der Waals surface area contributed by atoms with Gasteiger partial charge < -0.3 is 10.1 Å². The molecule has 0 aliphatic heterocycles. The first-order valence-corrected chi connectivity index (χ1v) is 9.76. The topological polar surface area (TPSA) is 88.5 Å². The van der Waals surface area contributed by atoms with Gasteiger partial charge in [0.05, 0.1) is 0 Å². The third-order valence-electron chi connectivity index (χ3n) is 4.18. The van der Waals surface area contributed by atoms with Gasteiger partial charge in [0.25, 0.3) is 11.9 Å². The van der Waals surface area contributed by atoms with Gasteiger partial charge in [0.15, 0.2) is 6.61 Å².